The van der Waals surface area contributed by atoms with Gasteiger partial charge in [0.2, 0.25) is 0 Å². The van der Waals surface area contributed by atoms with Gasteiger partial charge >= 0.3 is 0 Å². The number of thioether (sulfide) groups is 1. The summed E-state index contributed by atoms with van der Waals surface area (Å²) in [4.78, 5) is 9.24. The Labute approximate surface area is 173 Å². The molecule has 0 fully saturated rings. The fourth-order valence-electron chi connectivity index (χ4n) is 2.66. The van der Waals surface area contributed by atoms with Crippen molar-refractivity contribution >= 4 is 51.7 Å². The van der Waals surface area contributed by atoms with Crippen LogP contribution >= 0.6 is 35.0 Å². The number of methoxy groups -OCH3 is 1. The Hall–Kier alpha value is -1.69. The molecular weight excluding hydrogens is 401 g/mol. The molecule has 3 rings (SSSR count). The summed E-state index contributed by atoms with van der Waals surface area (Å²) < 4.78 is 5.34. The van der Waals surface area contributed by atoms with E-state index < -0.39 is 0 Å². The first-order valence-electron chi connectivity index (χ1n) is 8.71. The lowest BCUT2D eigenvalue weighted by atomic mass is 10.2. The lowest BCUT2D eigenvalue weighted by Crippen LogP contribution is -2.08. The minimum atomic E-state index is 0.712. The monoisotopic (exact) mass is 421 g/mol. The van der Waals surface area contributed by atoms with E-state index in [2.05, 4.69) is 22.2 Å². The molecule has 0 atom stereocenters. The van der Waals surface area contributed by atoms with Crippen LogP contribution < -0.4 is 10.1 Å². The fraction of sp³-hybridized carbons (Fsp3) is 0.300. The molecule has 2 aromatic carbocycles. The van der Waals surface area contributed by atoms with E-state index in [1.54, 1.807) is 18.9 Å². The van der Waals surface area contributed by atoms with E-state index in [0.29, 0.717) is 10.0 Å². The highest BCUT2D eigenvalue weighted by Gasteiger charge is 2.09. The van der Waals surface area contributed by atoms with Crippen molar-refractivity contribution in [3.63, 3.8) is 0 Å². The Morgan fingerprint density at radius 3 is 2.59 bits per heavy atom. The van der Waals surface area contributed by atoms with Crippen LogP contribution in [0.4, 0.5) is 5.82 Å². The number of rotatable bonds is 8. The Morgan fingerprint density at radius 1 is 1.11 bits per heavy atom. The molecule has 27 heavy (non-hydrogen) atoms. The van der Waals surface area contributed by atoms with Gasteiger partial charge in [0.1, 0.15) is 17.4 Å². The van der Waals surface area contributed by atoms with Crippen LogP contribution in [0.15, 0.2) is 36.4 Å². The van der Waals surface area contributed by atoms with Crippen LogP contribution in [0.2, 0.25) is 10.0 Å². The summed E-state index contributed by atoms with van der Waals surface area (Å²) in [6.45, 7) is 2.83. The average Bonchev–Trinajstić information content (AvgIpc) is 2.68. The number of hydrogen-bond donors (Lipinski definition) is 1. The highest BCUT2D eigenvalue weighted by molar-refractivity contribution is 7.98. The van der Waals surface area contributed by atoms with Gasteiger partial charge in [-0.3, -0.25) is 0 Å². The third-order valence-electron chi connectivity index (χ3n) is 4.11. The number of fused-ring (bicyclic) bond motifs is 1. The van der Waals surface area contributed by atoms with Crippen LogP contribution in [0.3, 0.4) is 0 Å². The number of halogens is 2. The van der Waals surface area contributed by atoms with Crippen molar-refractivity contribution in [2.75, 3.05) is 24.7 Å². The van der Waals surface area contributed by atoms with Gasteiger partial charge in [-0.15, -0.1) is 0 Å². The van der Waals surface area contributed by atoms with E-state index in [-0.39, 0.29) is 0 Å². The molecule has 0 saturated carbocycles. The Kier molecular flexibility index (Phi) is 7.05. The minimum absolute atomic E-state index is 0.712. The van der Waals surface area contributed by atoms with E-state index in [9.17, 15) is 0 Å². The number of nitrogens with one attached hydrogen (secondary N) is 1. The van der Waals surface area contributed by atoms with Gasteiger partial charge < -0.3 is 10.1 Å². The molecule has 1 heterocycles. The molecule has 0 saturated heterocycles. The van der Waals surface area contributed by atoms with Crippen LogP contribution in [0.25, 0.3) is 10.9 Å². The van der Waals surface area contributed by atoms with Gasteiger partial charge in [-0.05, 0) is 35.9 Å². The highest BCUT2D eigenvalue weighted by Crippen LogP contribution is 2.28. The predicted molar refractivity (Wildman–Crippen MR) is 117 cm³/mol. The normalized spacial score (nSPS) is 11.0. The third-order valence-corrected chi connectivity index (χ3v) is 5.81. The van der Waals surface area contributed by atoms with Crippen molar-refractivity contribution in [1.82, 2.24) is 9.97 Å². The number of ether oxygens (including phenoxy) is 1. The lowest BCUT2D eigenvalue weighted by Gasteiger charge is -2.12. The molecule has 1 N–H and O–H groups in total. The van der Waals surface area contributed by atoms with Crippen LogP contribution in [0.5, 0.6) is 5.75 Å². The van der Waals surface area contributed by atoms with Crippen molar-refractivity contribution < 1.29 is 4.74 Å². The van der Waals surface area contributed by atoms with Gasteiger partial charge in [-0.1, -0.05) is 36.2 Å². The summed E-state index contributed by atoms with van der Waals surface area (Å²) in [5.41, 5.74) is 1.90. The van der Waals surface area contributed by atoms with Crippen molar-refractivity contribution in [2.45, 2.75) is 19.1 Å². The molecule has 0 bridgehead atoms. The summed E-state index contributed by atoms with van der Waals surface area (Å²) >= 11 is 14.2. The number of aryl methyl sites for hydroxylation is 1. The standard InChI is InChI=1S/C20H21Cl2N3OS/c1-3-19-24-18-8-7-13(26-2)11-14(18)20(25-19)23-9-10-27-12-15-16(21)5-4-6-17(15)22/h4-8,11H,3,9-10,12H2,1-2H3,(H,23,24,25). The number of aromatic nitrogens is 2. The van der Waals surface area contributed by atoms with Crippen LogP contribution in [-0.4, -0.2) is 29.4 Å². The molecule has 142 valence electrons. The van der Waals surface area contributed by atoms with E-state index in [1.165, 1.54) is 0 Å². The lowest BCUT2D eigenvalue weighted by molar-refractivity contribution is 0.415. The molecule has 3 aromatic rings. The number of anilines is 1. The molecule has 0 aliphatic heterocycles. The van der Waals surface area contributed by atoms with Gasteiger partial charge in [0.25, 0.3) is 0 Å². The van der Waals surface area contributed by atoms with Crippen LogP contribution in [0, 0.1) is 0 Å². The summed E-state index contributed by atoms with van der Waals surface area (Å²) in [6, 6.07) is 11.5. The number of hydrogen-bond acceptors (Lipinski definition) is 5. The molecule has 0 spiro atoms. The molecule has 4 nitrogen and oxygen atoms in total. The fourth-order valence-corrected chi connectivity index (χ4v) is 4.26. The largest absolute Gasteiger partial charge is 0.497 e. The highest BCUT2D eigenvalue weighted by atomic mass is 35.5. The molecule has 0 aliphatic rings. The number of benzene rings is 2. The first kappa shape index (κ1) is 20.1. The van der Waals surface area contributed by atoms with E-state index in [1.807, 2.05) is 36.4 Å². The summed E-state index contributed by atoms with van der Waals surface area (Å²) in [5.74, 6) is 4.14. The first-order valence-corrected chi connectivity index (χ1v) is 10.6. The van der Waals surface area contributed by atoms with Gasteiger partial charge in [0.15, 0.2) is 0 Å². The summed E-state index contributed by atoms with van der Waals surface area (Å²) in [6.07, 6.45) is 0.788. The molecule has 0 amide bonds. The number of nitrogens with zero attached hydrogens (tertiary/aromatic N) is 2. The zero-order valence-electron chi connectivity index (χ0n) is 15.3. The summed E-state index contributed by atoms with van der Waals surface area (Å²) in [7, 11) is 1.66. The molecule has 0 unspecified atom stereocenters. The van der Waals surface area contributed by atoms with Crippen molar-refractivity contribution in [2.24, 2.45) is 0 Å². The molecule has 0 aliphatic carbocycles. The Bertz CT molecular complexity index is 916. The van der Waals surface area contributed by atoms with E-state index in [0.717, 1.165) is 58.3 Å². The molecule has 7 heteroatoms. The van der Waals surface area contributed by atoms with Gasteiger partial charge in [-0.2, -0.15) is 11.8 Å². The van der Waals surface area contributed by atoms with Crippen LogP contribution in [0.1, 0.15) is 18.3 Å². The maximum Gasteiger partial charge on any atom is 0.137 e. The first-order chi connectivity index (χ1) is 13.1. The van der Waals surface area contributed by atoms with E-state index >= 15 is 0 Å². The molecular formula is C20H21Cl2N3OS. The van der Waals surface area contributed by atoms with E-state index in [4.69, 9.17) is 27.9 Å². The quantitative estimate of drug-likeness (QED) is 0.461. The van der Waals surface area contributed by atoms with Gasteiger partial charge in [0, 0.05) is 39.9 Å². The molecule has 0 radical (unpaired) electrons. The zero-order chi connectivity index (χ0) is 19.2. The smallest absolute Gasteiger partial charge is 0.137 e. The maximum atomic E-state index is 6.22. The van der Waals surface area contributed by atoms with Crippen molar-refractivity contribution in [3.8, 4) is 5.75 Å². The third kappa shape index (κ3) is 4.98. The Morgan fingerprint density at radius 2 is 1.89 bits per heavy atom. The van der Waals surface area contributed by atoms with Crippen molar-refractivity contribution in [3.05, 3.63) is 57.8 Å². The average molecular weight is 422 g/mol. The maximum absolute atomic E-state index is 6.22. The second kappa shape index (κ2) is 9.49. The topological polar surface area (TPSA) is 47.0 Å². The second-order valence-electron chi connectivity index (χ2n) is 5.90. The zero-order valence-corrected chi connectivity index (χ0v) is 17.6. The minimum Gasteiger partial charge on any atom is -0.497 e. The Balaban J connectivity index is 1.66. The van der Waals surface area contributed by atoms with Crippen LogP contribution in [-0.2, 0) is 12.2 Å². The predicted octanol–water partition coefficient (Wildman–Crippen LogP) is 5.85. The van der Waals surface area contributed by atoms with Crippen molar-refractivity contribution in [1.29, 1.82) is 0 Å². The molecule has 1 aromatic heterocycles. The second-order valence-corrected chi connectivity index (χ2v) is 7.82. The summed E-state index contributed by atoms with van der Waals surface area (Å²) in [5, 5.41) is 5.82. The SMILES string of the molecule is CCc1nc(NCCSCc2c(Cl)cccc2Cl)c2cc(OC)ccc2n1. The van der Waals surface area contributed by atoms with Gasteiger partial charge in [0.05, 0.1) is 12.6 Å². The van der Waals surface area contributed by atoms with Gasteiger partial charge in [-0.25, -0.2) is 9.97 Å².